The summed E-state index contributed by atoms with van der Waals surface area (Å²) in [5.41, 5.74) is 3.58. The SMILES string of the molecule is C=C(C)COc1cc(CNCc2ccc(F)c(COC)c2)ccc1OC. The first-order valence-electron chi connectivity index (χ1n) is 8.44. The highest BCUT2D eigenvalue weighted by atomic mass is 19.1. The van der Waals surface area contributed by atoms with Crippen LogP contribution in [0.25, 0.3) is 0 Å². The molecule has 140 valence electrons. The van der Waals surface area contributed by atoms with Gasteiger partial charge in [-0.1, -0.05) is 18.7 Å². The van der Waals surface area contributed by atoms with Crippen LogP contribution >= 0.6 is 0 Å². The summed E-state index contributed by atoms with van der Waals surface area (Å²) in [5, 5.41) is 3.36. The predicted octanol–water partition coefficient (Wildman–Crippen LogP) is 4.23. The molecule has 1 N–H and O–H groups in total. The predicted molar refractivity (Wildman–Crippen MR) is 101 cm³/mol. The summed E-state index contributed by atoms with van der Waals surface area (Å²) >= 11 is 0. The van der Waals surface area contributed by atoms with Crippen LogP contribution in [-0.4, -0.2) is 20.8 Å². The molecule has 0 radical (unpaired) electrons. The standard InChI is InChI=1S/C21H26FNO3/c1-15(2)13-26-21-10-17(6-8-20(21)25-4)12-23-11-16-5-7-19(22)18(9-16)14-24-3/h5-10,23H,1,11-14H2,2-4H3. The van der Waals surface area contributed by atoms with Crippen LogP contribution in [0.2, 0.25) is 0 Å². The van der Waals surface area contributed by atoms with Crippen LogP contribution in [0.4, 0.5) is 4.39 Å². The number of nitrogens with one attached hydrogen (secondary N) is 1. The van der Waals surface area contributed by atoms with Gasteiger partial charge in [-0.05, 0) is 47.9 Å². The normalized spacial score (nSPS) is 10.6. The third-order valence-corrected chi connectivity index (χ3v) is 3.77. The Bertz CT molecular complexity index is 746. The zero-order chi connectivity index (χ0) is 18.9. The number of benzene rings is 2. The highest BCUT2D eigenvalue weighted by molar-refractivity contribution is 5.43. The van der Waals surface area contributed by atoms with Crippen molar-refractivity contribution in [3.05, 3.63) is 71.1 Å². The Balaban J connectivity index is 1.97. The second kappa shape index (κ2) is 9.94. The molecule has 0 saturated carbocycles. The fraction of sp³-hybridized carbons (Fsp3) is 0.333. The fourth-order valence-electron chi connectivity index (χ4n) is 2.50. The molecular weight excluding hydrogens is 333 g/mol. The number of hydrogen-bond donors (Lipinski definition) is 1. The van der Waals surface area contributed by atoms with Gasteiger partial charge in [0.05, 0.1) is 13.7 Å². The number of hydrogen-bond acceptors (Lipinski definition) is 4. The summed E-state index contributed by atoms with van der Waals surface area (Å²) in [7, 11) is 3.18. The Morgan fingerprint density at radius 1 is 1.04 bits per heavy atom. The Hall–Kier alpha value is -2.37. The van der Waals surface area contributed by atoms with Crippen molar-refractivity contribution in [2.24, 2.45) is 0 Å². The second-order valence-electron chi connectivity index (χ2n) is 6.19. The van der Waals surface area contributed by atoms with Gasteiger partial charge >= 0.3 is 0 Å². The van der Waals surface area contributed by atoms with E-state index >= 15 is 0 Å². The Morgan fingerprint density at radius 2 is 1.73 bits per heavy atom. The molecule has 0 unspecified atom stereocenters. The molecule has 0 spiro atoms. The maximum absolute atomic E-state index is 13.7. The zero-order valence-electron chi connectivity index (χ0n) is 15.6. The van der Waals surface area contributed by atoms with E-state index in [1.165, 1.54) is 6.07 Å². The van der Waals surface area contributed by atoms with Crippen LogP contribution in [-0.2, 0) is 24.4 Å². The lowest BCUT2D eigenvalue weighted by Crippen LogP contribution is -2.13. The van der Waals surface area contributed by atoms with Gasteiger partial charge < -0.3 is 19.5 Å². The molecule has 0 bridgehead atoms. The molecule has 2 aromatic carbocycles. The van der Waals surface area contributed by atoms with Crippen molar-refractivity contribution in [2.45, 2.75) is 26.6 Å². The van der Waals surface area contributed by atoms with Gasteiger partial charge in [-0.2, -0.15) is 0 Å². The Kier molecular flexibility index (Phi) is 7.63. The minimum Gasteiger partial charge on any atom is -0.493 e. The fourth-order valence-corrected chi connectivity index (χ4v) is 2.50. The number of halogens is 1. The van der Waals surface area contributed by atoms with E-state index in [1.54, 1.807) is 20.3 Å². The monoisotopic (exact) mass is 359 g/mol. The molecule has 0 aliphatic carbocycles. The molecule has 0 aromatic heterocycles. The van der Waals surface area contributed by atoms with Crippen molar-refractivity contribution in [3.8, 4) is 11.5 Å². The Labute approximate surface area is 154 Å². The third-order valence-electron chi connectivity index (χ3n) is 3.77. The lowest BCUT2D eigenvalue weighted by Gasteiger charge is -2.13. The van der Waals surface area contributed by atoms with Gasteiger partial charge in [-0.25, -0.2) is 4.39 Å². The summed E-state index contributed by atoms with van der Waals surface area (Å²) in [6.45, 7) is 7.76. The minimum absolute atomic E-state index is 0.245. The van der Waals surface area contributed by atoms with Gasteiger partial charge in [0, 0.05) is 25.8 Å². The van der Waals surface area contributed by atoms with E-state index in [4.69, 9.17) is 14.2 Å². The van der Waals surface area contributed by atoms with Crippen molar-refractivity contribution < 1.29 is 18.6 Å². The van der Waals surface area contributed by atoms with Crippen LogP contribution in [0.5, 0.6) is 11.5 Å². The summed E-state index contributed by atoms with van der Waals surface area (Å²) in [6.07, 6.45) is 0. The van der Waals surface area contributed by atoms with Crippen molar-refractivity contribution in [3.63, 3.8) is 0 Å². The first kappa shape index (κ1) is 19.9. The number of ether oxygens (including phenoxy) is 3. The van der Waals surface area contributed by atoms with Crippen molar-refractivity contribution >= 4 is 0 Å². The highest BCUT2D eigenvalue weighted by Crippen LogP contribution is 2.28. The molecule has 4 nitrogen and oxygen atoms in total. The van der Waals surface area contributed by atoms with Gasteiger partial charge in [-0.3, -0.25) is 0 Å². The van der Waals surface area contributed by atoms with Crippen molar-refractivity contribution in [2.75, 3.05) is 20.8 Å². The smallest absolute Gasteiger partial charge is 0.161 e. The van der Waals surface area contributed by atoms with E-state index in [0.717, 1.165) is 16.7 Å². The maximum Gasteiger partial charge on any atom is 0.161 e. The first-order valence-corrected chi connectivity index (χ1v) is 8.44. The van der Waals surface area contributed by atoms with E-state index in [9.17, 15) is 4.39 Å². The summed E-state index contributed by atoms with van der Waals surface area (Å²) in [4.78, 5) is 0. The van der Waals surface area contributed by atoms with Crippen LogP contribution in [0, 0.1) is 5.82 Å². The summed E-state index contributed by atoms with van der Waals surface area (Å²) in [5.74, 6) is 1.14. The number of methoxy groups -OCH3 is 2. The van der Waals surface area contributed by atoms with Crippen molar-refractivity contribution in [1.29, 1.82) is 0 Å². The average Bonchev–Trinajstić information content (AvgIpc) is 2.63. The summed E-state index contributed by atoms with van der Waals surface area (Å²) in [6, 6.07) is 10.9. The lowest BCUT2D eigenvalue weighted by molar-refractivity contribution is 0.181. The molecule has 0 atom stereocenters. The second-order valence-corrected chi connectivity index (χ2v) is 6.19. The van der Waals surface area contributed by atoms with E-state index in [1.807, 2.05) is 31.2 Å². The molecule has 0 aliphatic heterocycles. The molecule has 0 heterocycles. The van der Waals surface area contributed by atoms with Gasteiger partial charge in [0.2, 0.25) is 0 Å². The van der Waals surface area contributed by atoms with Gasteiger partial charge in [-0.15, -0.1) is 0 Å². The third kappa shape index (κ3) is 5.86. The summed E-state index contributed by atoms with van der Waals surface area (Å²) < 4.78 is 29.8. The molecule has 2 rings (SSSR count). The highest BCUT2D eigenvalue weighted by Gasteiger charge is 2.07. The molecule has 2 aromatic rings. The quantitative estimate of drug-likeness (QED) is 0.645. The van der Waals surface area contributed by atoms with Crippen LogP contribution in [0.15, 0.2) is 48.6 Å². The molecular formula is C21H26FNO3. The van der Waals surface area contributed by atoms with E-state index < -0.39 is 0 Å². The molecule has 0 saturated heterocycles. The van der Waals surface area contributed by atoms with Crippen LogP contribution in [0.3, 0.4) is 0 Å². The maximum atomic E-state index is 13.7. The molecule has 0 aliphatic rings. The Morgan fingerprint density at radius 3 is 2.38 bits per heavy atom. The zero-order valence-corrected chi connectivity index (χ0v) is 15.6. The van der Waals surface area contributed by atoms with Gasteiger partial charge in [0.1, 0.15) is 12.4 Å². The first-order chi connectivity index (χ1) is 12.5. The van der Waals surface area contributed by atoms with E-state index in [-0.39, 0.29) is 12.4 Å². The topological polar surface area (TPSA) is 39.7 Å². The average molecular weight is 359 g/mol. The number of rotatable bonds is 10. The largest absolute Gasteiger partial charge is 0.493 e. The molecule has 0 amide bonds. The van der Waals surface area contributed by atoms with E-state index in [0.29, 0.717) is 36.8 Å². The van der Waals surface area contributed by atoms with Gasteiger partial charge in [0.15, 0.2) is 11.5 Å². The lowest BCUT2D eigenvalue weighted by atomic mass is 10.1. The van der Waals surface area contributed by atoms with E-state index in [2.05, 4.69) is 11.9 Å². The molecule has 5 heteroatoms. The molecule has 26 heavy (non-hydrogen) atoms. The molecule has 0 fully saturated rings. The minimum atomic E-state index is -0.245. The van der Waals surface area contributed by atoms with Gasteiger partial charge in [0.25, 0.3) is 0 Å². The van der Waals surface area contributed by atoms with Crippen LogP contribution < -0.4 is 14.8 Å². The van der Waals surface area contributed by atoms with Crippen molar-refractivity contribution in [1.82, 2.24) is 5.32 Å². The van der Waals surface area contributed by atoms with Crippen LogP contribution in [0.1, 0.15) is 23.6 Å².